The SMILES string of the molecule is C=C.O=C(C1CCC(CO)CC1)N1CCCC1. The molecule has 0 aromatic rings. The van der Waals surface area contributed by atoms with Gasteiger partial charge in [0.1, 0.15) is 0 Å². The topological polar surface area (TPSA) is 40.5 Å². The molecule has 1 N–H and O–H groups in total. The quantitative estimate of drug-likeness (QED) is 0.751. The first kappa shape index (κ1) is 14.2. The summed E-state index contributed by atoms with van der Waals surface area (Å²) in [4.78, 5) is 14.1. The number of rotatable bonds is 2. The van der Waals surface area contributed by atoms with E-state index < -0.39 is 0 Å². The number of amides is 1. The molecule has 98 valence electrons. The lowest BCUT2D eigenvalue weighted by Crippen LogP contribution is -2.36. The molecule has 1 aliphatic carbocycles. The van der Waals surface area contributed by atoms with Crippen molar-refractivity contribution in [3.63, 3.8) is 0 Å². The second-order valence-corrected chi connectivity index (χ2v) is 4.93. The molecule has 1 saturated carbocycles. The van der Waals surface area contributed by atoms with Crippen LogP contribution in [0.25, 0.3) is 0 Å². The van der Waals surface area contributed by atoms with E-state index in [2.05, 4.69) is 13.2 Å². The number of carbonyl (C=O) groups excluding carboxylic acids is 1. The Bertz CT molecular complexity index is 228. The van der Waals surface area contributed by atoms with Gasteiger partial charge in [-0.3, -0.25) is 4.79 Å². The molecule has 0 unspecified atom stereocenters. The Morgan fingerprint density at radius 3 is 2.12 bits per heavy atom. The van der Waals surface area contributed by atoms with E-state index in [-0.39, 0.29) is 5.92 Å². The summed E-state index contributed by atoms with van der Waals surface area (Å²) in [5.41, 5.74) is 0. The summed E-state index contributed by atoms with van der Waals surface area (Å²) in [6, 6.07) is 0. The summed E-state index contributed by atoms with van der Waals surface area (Å²) in [5, 5.41) is 9.03. The van der Waals surface area contributed by atoms with Crippen molar-refractivity contribution in [3.05, 3.63) is 13.2 Å². The molecule has 1 saturated heterocycles. The molecule has 0 bridgehead atoms. The van der Waals surface area contributed by atoms with Crippen LogP contribution in [0, 0.1) is 11.8 Å². The molecule has 0 spiro atoms. The molecule has 17 heavy (non-hydrogen) atoms. The molecule has 2 fully saturated rings. The lowest BCUT2D eigenvalue weighted by atomic mass is 9.82. The van der Waals surface area contributed by atoms with Crippen LogP contribution in [-0.2, 0) is 4.79 Å². The van der Waals surface area contributed by atoms with Crippen LogP contribution in [0.4, 0.5) is 0 Å². The summed E-state index contributed by atoms with van der Waals surface area (Å²) >= 11 is 0. The maximum atomic E-state index is 12.1. The Hall–Kier alpha value is -0.830. The summed E-state index contributed by atoms with van der Waals surface area (Å²) in [5.74, 6) is 1.09. The fraction of sp³-hybridized carbons (Fsp3) is 0.786. The summed E-state index contributed by atoms with van der Waals surface area (Å²) in [6.07, 6.45) is 6.39. The smallest absolute Gasteiger partial charge is 0.225 e. The maximum absolute atomic E-state index is 12.1. The molecule has 0 radical (unpaired) electrons. The maximum Gasteiger partial charge on any atom is 0.225 e. The van der Waals surface area contributed by atoms with Crippen LogP contribution >= 0.6 is 0 Å². The van der Waals surface area contributed by atoms with Gasteiger partial charge in [-0.05, 0) is 44.4 Å². The minimum atomic E-state index is 0.255. The minimum Gasteiger partial charge on any atom is -0.396 e. The van der Waals surface area contributed by atoms with E-state index in [1.54, 1.807) is 0 Å². The zero-order chi connectivity index (χ0) is 12.7. The summed E-state index contributed by atoms with van der Waals surface area (Å²) in [6.45, 7) is 8.24. The van der Waals surface area contributed by atoms with Gasteiger partial charge in [-0.25, -0.2) is 0 Å². The van der Waals surface area contributed by atoms with Crippen LogP contribution < -0.4 is 0 Å². The van der Waals surface area contributed by atoms with Gasteiger partial charge in [0.2, 0.25) is 5.91 Å². The second kappa shape index (κ2) is 7.49. The average Bonchev–Trinajstić information content (AvgIpc) is 2.94. The van der Waals surface area contributed by atoms with Crippen molar-refractivity contribution in [2.75, 3.05) is 19.7 Å². The van der Waals surface area contributed by atoms with Crippen molar-refractivity contribution >= 4 is 5.91 Å². The molecule has 1 aliphatic heterocycles. The Morgan fingerprint density at radius 1 is 1.12 bits per heavy atom. The van der Waals surface area contributed by atoms with E-state index >= 15 is 0 Å². The summed E-state index contributed by atoms with van der Waals surface area (Å²) in [7, 11) is 0. The first-order chi connectivity index (χ1) is 8.31. The van der Waals surface area contributed by atoms with Gasteiger partial charge in [0.25, 0.3) is 0 Å². The van der Waals surface area contributed by atoms with E-state index in [0.717, 1.165) is 38.8 Å². The molecule has 0 aromatic heterocycles. The standard InChI is InChI=1S/C12H21NO2.C2H4/c14-9-10-3-5-11(6-4-10)12(15)13-7-1-2-8-13;1-2/h10-11,14H,1-9H2;1-2H2. The first-order valence-corrected chi connectivity index (χ1v) is 6.71. The molecule has 2 aliphatic rings. The Kier molecular flexibility index (Phi) is 6.27. The number of nitrogens with zero attached hydrogens (tertiary/aromatic N) is 1. The van der Waals surface area contributed by atoms with Crippen molar-refractivity contribution < 1.29 is 9.90 Å². The zero-order valence-electron chi connectivity index (χ0n) is 10.7. The summed E-state index contributed by atoms with van der Waals surface area (Å²) < 4.78 is 0. The van der Waals surface area contributed by atoms with E-state index in [1.165, 1.54) is 12.8 Å². The number of aliphatic hydroxyl groups is 1. The van der Waals surface area contributed by atoms with Crippen LogP contribution in [-0.4, -0.2) is 35.6 Å². The van der Waals surface area contributed by atoms with Crippen LogP contribution in [0.3, 0.4) is 0 Å². The Morgan fingerprint density at radius 2 is 1.65 bits per heavy atom. The number of hydrogen-bond donors (Lipinski definition) is 1. The minimum absolute atomic E-state index is 0.255. The molecular weight excluding hydrogens is 214 g/mol. The van der Waals surface area contributed by atoms with E-state index in [1.807, 2.05) is 4.90 Å². The van der Waals surface area contributed by atoms with Crippen LogP contribution in [0.1, 0.15) is 38.5 Å². The van der Waals surface area contributed by atoms with E-state index in [9.17, 15) is 4.79 Å². The second-order valence-electron chi connectivity index (χ2n) is 4.93. The monoisotopic (exact) mass is 239 g/mol. The lowest BCUT2D eigenvalue weighted by molar-refractivity contribution is -0.135. The van der Waals surface area contributed by atoms with Crippen molar-refractivity contribution in [3.8, 4) is 0 Å². The highest BCUT2D eigenvalue weighted by atomic mass is 16.3. The molecule has 1 heterocycles. The zero-order valence-corrected chi connectivity index (χ0v) is 10.7. The van der Waals surface area contributed by atoms with Crippen LogP contribution in [0.15, 0.2) is 13.2 Å². The molecule has 0 atom stereocenters. The molecular formula is C14H25NO2. The average molecular weight is 239 g/mol. The lowest BCUT2D eigenvalue weighted by Gasteiger charge is -2.29. The van der Waals surface area contributed by atoms with E-state index in [0.29, 0.717) is 18.4 Å². The van der Waals surface area contributed by atoms with Gasteiger partial charge in [-0.15, -0.1) is 13.2 Å². The van der Waals surface area contributed by atoms with Crippen LogP contribution in [0.5, 0.6) is 0 Å². The molecule has 0 aromatic carbocycles. The van der Waals surface area contributed by atoms with Crippen molar-refractivity contribution in [2.24, 2.45) is 11.8 Å². The third kappa shape index (κ3) is 3.84. The highest BCUT2D eigenvalue weighted by molar-refractivity contribution is 5.79. The number of aliphatic hydroxyl groups excluding tert-OH is 1. The fourth-order valence-electron chi connectivity index (χ4n) is 2.79. The Labute approximate surface area is 105 Å². The third-order valence-corrected chi connectivity index (χ3v) is 3.87. The molecule has 2 rings (SSSR count). The van der Waals surface area contributed by atoms with Gasteiger partial charge in [0.05, 0.1) is 0 Å². The Balaban J connectivity index is 0.000000686. The number of likely N-dealkylation sites (tertiary alicyclic amines) is 1. The third-order valence-electron chi connectivity index (χ3n) is 3.87. The molecule has 1 amide bonds. The van der Waals surface area contributed by atoms with Gasteiger partial charge >= 0.3 is 0 Å². The predicted molar refractivity (Wildman–Crippen MR) is 69.6 cm³/mol. The van der Waals surface area contributed by atoms with Gasteiger partial charge in [0, 0.05) is 25.6 Å². The van der Waals surface area contributed by atoms with Gasteiger partial charge in [0.15, 0.2) is 0 Å². The van der Waals surface area contributed by atoms with Gasteiger partial charge < -0.3 is 10.0 Å². The van der Waals surface area contributed by atoms with Gasteiger partial charge in [-0.1, -0.05) is 0 Å². The largest absolute Gasteiger partial charge is 0.396 e. The van der Waals surface area contributed by atoms with Crippen LogP contribution in [0.2, 0.25) is 0 Å². The molecule has 3 heteroatoms. The predicted octanol–water partition coefficient (Wildman–Crippen LogP) is 2.21. The van der Waals surface area contributed by atoms with Gasteiger partial charge in [-0.2, -0.15) is 0 Å². The normalized spacial score (nSPS) is 28.4. The molecule has 3 nitrogen and oxygen atoms in total. The highest BCUT2D eigenvalue weighted by Gasteiger charge is 2.30. The van der Waals surface area contributed by atoms with E-state index in [4.69, 9.17) is 5.11 Å². The van der Waals surface area contributed by atoms with Crippen molar-refractivity contribution in [2.45, 2.75) is 38.5 Å². The van der Waals surface area contributed by atoms with Crippen molar-refractivity contribution in [1.29, 1.82) is 0 Å². The number of hydrogen-bond acceptors (Lipinski definition) is 2. The highest BCUT2D eigenvalue weighted by Crippen LogP contribution is 2.30. The number of carbonyl (C=O) groups is 1. The van der Waals surface area contributed by atoms with Crippen molar-refractivity contribution in [1.82, 2.24) is 4.90 Å². The first-order valence-electron chi connectivity index (χ1n) is 6.71. The fourth-order valence-corrected chi connectivity index (χ4v) is 2.79.